The number of hydrogen-bond acceptors (Lipinski definition) is 4. The first-order chi connectivity index (χ1) is 9.19. The van der Waals surface area contributed by atoms with Crippen molar-refractivity contribution in [1.29, 1.82) is 0 Å². The van der Waals surface area contributed by atoms with E-state index in [1.165, 1.54) is 7.11 Å². The Morgan fingerprint density at radius 1 is 1.37 bits per heavy atom. The van der Waals surface area contributed by atoms with Gasteiger partial charge in [-0.05, 0) is 31.4 Å². The van der Waals surface area contributed by atoms with Gasteiger partial charge in [-0.2, -0.15) is 11.8 Å². The molecule has 1 rings (SSSR count). The van der Waals surface area contributed by atoms with Gasteiger partial charge in [0.05, 0.1) is 19.3 Å². The van der Waals surface area contributed by atoms with E-state index in [9.17, 15) is 9.59 Å². The maximum absolute atomic E-state index is 12.2. The zero-order valence-corrected chi connectivity index (χ0v) is 12.8. The van der Waals surface area contributed by atoms with Crippen molar-refractivity contribution in [2.45, 2.75) is 51.5 Å². The third kappa shape index (κ3) is 5.85. The van der Waals surface area contributed by atoms with Crippen LogP contribution in [-0.2, 0) is 14.3 Å². The molecule has 1 heterocycles. The zero-order valence-electron chi connectivity index (χ0n) is 12.0. The second-order valence-electron chi connectivity index (χ2n) is 4.92. The lowest BCUT2D eigenvalue weighted by Gasteiger charge is -2.35. The highest BCUT2D eigenvalue weighted by Gasteiger charge is 2.28. The van der Waals surface area contributed by atoms with E-state index in [4.69, 9.17) is 4.74 Å². The fraction of sp³-hybridized carbons (Fsp3) is 0.857. The lowest BCUT2D eigenvalue weighted by molar-refractivity contribution is -0.144. The predicted molar refractivity (Wildman–Crippen MR) is 78.2 cm³/mol. The van der Waals surface area contributed by atoms with Crippen LogP contribution in [0.4, 0.5) is 0 Å². The van der Waals surface area contributed by atoms with E-state index in [1.807, 2.05) is 4.90 Å². The van der Waals surface area contributed by atoms with Crippen LogP contribution >= 0.6 is 11.8 Å². The Bertz CT molecular complexity index is 296. The molecular weight excluding hydrogens is 262 g/mol. The maximum atomic E-state index is 12.2. The smallest absolute Gasteiger partial charge is 0.307 e. The summed E-state index contributed by atoms with van der Waals surface area (Å²) in [6.07, 6.45) is 5.71. The van der Waals surface area contributed by atoms with Crippen LogP contribution in [-0.4, -0.2) is 48.0 Å². The SMILES string of the molecule is CCCCSCC(=O)N1CCCCC1CC(=O)OC. The number of methoxy groups -OCH3 is 1. The third-order valence-electron chi connectivity index (χ3n) is 3.45. The molecule has 1 fully saturated rings. The van der Waals surface area contributed by atoms with Gasteiger partial charge in [0, 0.05) is 12.6 Å². The van der Waals surface area contributed by atoms with Crippen molar-refractivity contribution in [3.05, 3.63) is 0 Å². The van der Waals surface area contributed by atoms with Crippen molar-refractivity contribution >= 4 is 23.6 Å². The maximum Gasteiger partial charge on any atom is 0.307 e. The van der Waals surface area contributed by atoms with Crippen LogP contribution in [0.1, 0.15) is 45.4 Å². The van der Waals surface area contributed by atoms with Crippen LogP contribution < -0.4 is 0 Å². The molecular formula is C14H25NO3S. The molecule has 0 radical (unpaired) electrons. The number of carbonyl (C=O) groups excluding carboxylic acids is 2. The molecule has 0 aromatic heterocycles. The second kappa shape index (κ2) is 9.23. The predicted octanol–water partition coefficient (Wildman–Crippen LogP) is 2.46. The minimum atomic E-state index is -0.219. The first-order valence-electron chi connectivity index (χ1n) is 7.13. The van der Waals surface area contributed by atoms with E-state index in [1.54, 1.807) is 11.8 Å². The summed E-state index contributed by atoms with van der Waals surface area (Å²) in [5.41, 5.74) is 0. The lowest BCUT2D eigenvalue weighted by atomic mass is 9.99. The van der Waals surface area contributed by atoms with E-state index >= 15 is 0 Å². The van der Waals surface area contributed by atoms with Crippen LogP contribution in [0.3, 0.4) is 0 Å². The van der Waals surface area contributed by atoms with E-state index in [-0.39, 0.29) is 17.9 Å². The number of thioether (sulfide) groups is 1. The van der Waals surface area contributed by atoms with E-state index in [0.717, 1.165) is 44.4 Å². The van der Waals surface area contributed by atoms with Crippen LogP contribution in [0.5, 0.6) is 0 Å². The van der Waals surface area contributed by atoms with Gasteiger partial charge in [-0.3, -0.25) is 9.59 Å². The monoisotopic (exact) mass is 287 g/mol. The largest absolute Gasteiger partial charge is 0.469 e. The van der Waals surface area contributed by atoms with Crippen molar-refractivity contribution in [2.75, 3.05) is 25.2 Å². The average Bonchev–Trinajstić information content (AvgIpc) is 2.43. The number of likely N-dealkylation sites (tertiary alicyclic amines) is 1. The molecule has 1 aliphatic heterocycles. The van der Waals surface area contributed by atoms with Crippen molar-refractivity contribution in [3.63, 3.8) is 0 Å². The number of amides is 1. The Hall–Kier alpha value is -0.710. The molecule has 0 spiro atoms. The van der Waals surface area contributed by atoms with Gasteiger partial charge in [-0.1, -0.05) is 13.3 Å². The van der Waals surface area contributed by atoms with E-state index in [0.29, 0.717) is 12.2 Å². The van der Waals surface area contributed by atoms with Crippen LogP contribution in [0.2, 0.25) is 0 Å². The van der Waals surface area contributed by atoms with Crippen molar-refractivity contribution in [3.8, 4) is 0 Å². The van der Waals surface area contributed by atoms with Crippen molar-refractivity contribution in [1.82, 2.24) is 4.90 Å². The summed E-state index contributed by atoms with van der Waals surface area (Å²) in [7, 11) is 1.40. The highest BCUT2D eigenvalue weighted by atomic mass is 32.2. The molecule has 1 unspecified atom stereocenters. The highest BCUT2D eigenvalue weighted by molar-refractivity contribution is 7.99. The van der Waals surface area contributed by atoms with E-state index in [2.05, 4.69) is 6.92 Å². The quantitative estimate of drug-likeness (QED) is 0.533. The topological polar surface area (TPSA) is 46.6 Å². The Kier molecular flexibility index (Phi) is 7.94. The molecule has 19 heavy (non-hydrogen) atoms. The number of rotatable bonds is 7. The van der Waals surface area contributed by atoms with Crippen LogP contribution in [0.15, 0.2) is 0 Å². The molecule has 0 bridgehead atoms. The summed E-state index contributed by atoms with van der Waals surface area (Å²) in [6.45, 7) is 2.94. The normalized spacial score (nSPS) is 19.3. The molecule has 0 N–H and O–H groups in total. The van der Waals surface area contributed by atoms with Gasteiger partial charge in [0.1, 0.15) is 0 Å². The fourth-order valence-electron chi connectivity index (χ4n) is 2.31. The molecule has 110 valence electrons. The van der Waals surface area contributed by atoms with Gasteiger partial charge in [0.25, 0.3) is 0 Å². The molecule has 0 saturated carbocycles. The second-order valence-corrected chi connectivity index (χ2v) is 6.03. The highest BCUT2D eigenvalue weighted by Crippen LogP contribution is 2.21. The molecule has 1 saturated heterocycles. The minimum absolute atomic E-state index is 0.0421. The number of piperidine rings is 1. The summed E-state index contributed by atoms with van der Waals surface area (Å²) in [5.74, 6) is 1.54. The molecule has 4 nitrogen and oxygen atoms in total. The third-order valence-corrected chi connectivity index (χ3v) is 4.47. The summed E-state index contributed by atoms with van der Waals surface area (Å²) >= 11 is 1.70. The zero-order chi connectivity index (χ0) is 14.1. The molecule has 0 aromatic carbocycles. The van der Waals surface area contributed by atoms with Gasteiger partial charge < -0.3 is 9.64 Å². The Balaban J connectivity index is 2.41. The number of carbonyl (C=O) groups is 2. The molecule has 0 aliphatic carbocycles. The van der Waals surface area contributed by atoms with Gasteiger partial charge in [-0.15, -0.1) is 0 Å². The van der Waals surface area contributed by atoms with Crippen molar-refractivity contribution in [2.24, 2.45) is 0 Å². The fourth-order valence-corrected chi connectivity index (χ4v) is 3.28. The van der Waals surface area contributed by atoms with Gasteiger partial charge in [0.15, 0.2) is 0 Å². The summed E-state index contributed by atoms with van der Waals surface area (Å²) in [4.78, 5) is 25.5. The summed E-state index contributed by atoms with van der Waals surface area (Å²) in [5, 5.41) is 0. The van der Waals surface area contributed by atoms with Crippen LogP contribution in [0.25, 0.3) is 0 Å². The Labute approximate surface area is 120 Å². The van der Waals surface area contributed by atoms with Gasteiger partial charge in [-0.25, -0.2) is 0 Å². The summed E-state index contributed by atoms with van der Waals surface area (Å²) < 4.78 is 4.71. The van der Waals surface area contributed by atoms with Gasteiger partial charge in [0.2, 0.25) is 5.91 Å². The number of ether oxygens (including phenoxy) is 1. The van der Waals surface area contributed by atoms with Crippen molar-refractivity contribution < 1.29 is 14.3 Å². The number of hydrogen-bond donors (Lipinski definition) is 0. The standard InChI is InChI=1S/C14H25NO3S/c1-3-4-9-19-11-13(16)15-8-6-5-7-12(15)10-14(17)18-2/h12H,3-11H2,1-2H3. The first kappa shape index (κ1) is 16.3. The number of nitrogens with zero attached hydrogens (tertiary/aromatic N) is 1. The molecule has 1 amide bonds. The number of esters is 1. The Morgan fingerprint density at radius 3 is 2.84 bits per heavy atom. The molecule has 1 aliphatic rings. The first-order valence-corrected chi connectivity index (χ1v) is 8.28. The van der Waals surface area contributed by atoms with Gasteiger partial charge >= 0.3 is 5.97 Å². The molecule has 0 aromatic rings. The van der Waals surface area contributed by atoms with E-state index < -0.39 is 0 Å². The minimum Gasteiger partial charge on any atom is -0.469 e. The lowest BCUT2D eigenvalue weighted by Crippen LogP contribution is -2.45. The average molecular weight is 287 g/mol. The summed E-state index contributed by atoms with van der Waals surface area (Å²) in [6, 6.07) is 0.0421. The Morgan fingerprint density at radius 2 is 2.16 bits per heavy atom. The number of unbranched alkanes of at least 4 members (excludes halogenated alkanes) is 1. The molecule has 5 heteroatoms. The van der Waals surface area contributed by atoms with Crippen LogP contribution in [0, 0.1) is 0 Å². The molecule has 1 atom stereocenters.